The van der Waals surface area contributed by atoms with Gasteiger partial charge in [0, 0.05) is 13.6 Å². The largest absolute Gasteiger partial charge is 0.347 e. The number of benzene rings is 2. The molecule has 0 spiro atoms. The molecule has 0 radical (unpaired) electrons. The molecule has 0 aliphatic carbocycles. The molecule has 3 aromatic rings. The predicted molar refractivity (Wildman–Crippen MR) is 124 cm³/mol. The molecule has 0 bridgehead atoms. The first-order valence-corrected chi connectivity index (χ1v) is 9.47. The first-order valence-electron chi connectivity index (χ1n) is 8.59. The SMILES string of the molecule is CN1C(=O)/C(=C/c2ccc3ncsc3c2)N=C1N[C@@H](CN)c1ccccc1.Cl.Cl. The van der Waals surface area contributed by atoms with Crippen LogP contribution in [0, 0.1) is 0 Å². The van der Waals surface area contributed by atoms with Crippen LogP contribution in [0.2, 0.25) is 0 Å². The number of nitrogens with one attached hydrogen (secondary N) is 1. The summed E-state index contributed by atoms with van der Waals surface area (Å²) in [5.41, 5.74) is 11.1. The highest BCUT2D eigenvalue weighted by molar-refractivity contribution is 7.16. The number of carbonyl (C=O) groups is 1. The average Bonchev–Trinajstić information content (AvgIpc) is 3.27. The topological polar surface area (TPSA) is 83.6 Å². The maximum Gasteiger partial charge on any atom is 0.279 e. The smallest absolute Gasteiger partial charge is 0.279 e. The third kappa shape index (κ3) is 4.76. The van der Waals surface area contributed by atoms with E-state index < -0.39 is 0 Å². The van der Waals surface area contributed by atoms with Gasteiger partial charge in [-0.25, -0.2) is 9.98 Å². The molecule has 1 aromatic heterocycles. The van der Waals surface area contributed by atoms with Gasteiger partial charge in [0.25, 0.3) is 5.91 Å². The molecule has 2 aromatic carbocycles. The Kier molecular flexibility index (Phi) is 7.75. The van der Waals surface area contributed by atoms with Gasteiger partial charge in [-0.2, -0.15) is 0 Å². The number of thiazole rings is 1. The van der Waals surface area contributed by atoms with E-state index in [1.807, 2.05) is 54.0 Å². The number of halogens is 2. The second-order valence-corrected chi connectivity index (χ2v) is 7.14. The quantitative estimate of drug-likeness (QED) is 0.595. The number of hydrogen-bond acceptors (Lipinski definition) is 6. The van der Waals surface area contributed by atoms with Crippen LogP contribution >= 0.6 is 36.2 Å². The number of hydrogen-bond donors (Lipinski definition) is 2. The molecule has 1 atom stereocenters. The van der Waals surface area contributed by atoms with Crippen LogP contribution in [0.1, 0.15) is 17.2 Å². The number of amides is 1. The summed E-state index contributed by atoms with van der Waals surface area (Å²) in [6.07, 6.45) is 1.80. The number of fused-ring (bicyclic) bond motifs is 1. The van der Waals surface area contributed by atoms with Gasteiger partial charge in [0.05, 0.1) is 21.8 Å². The Morgan fingerprint density at radius 3 is 2.69 bits per heavy atom. The van der Waals surface area contributed by atoms with Gasteiger partial charge in [0.15, 0.2) is 0 Å². The maximum atomic E-state index is 12.6. The molecular formula is C20H21Cl2N5OS. The van der Waals surface area contributed by atoms with Crippen molar-refractivity contribution in [3.05, 3.63) is 70.9 Å². The van der Waals surface area contributed by atoms with E-state index in [2.05, 4.69) is 15.3 Å². The Morgan fingerprint density at radius 2 is 1.97 bits per heavy atom. The highest BCUT2D eigenvalue weighted by Crippen LogP contribution is 2.23. The highest BCUT2D eigenvalue weighted by atomic mass is 35.5. The molecule has 1 amide bonds. The summed E-state index contributed by atoms with van der Waals surface area (Å²) in [5, 5.41) is 3.28. The van der Waals surface area contributed by atoms with Crippen molar-refractivity contribution in [3.8, 4) is 0 Å². The Bertz CT molecular complexity index is 1050. The van der Waals surface area contributed by atoms with Gasteiger partial charge in [-0.1, -0.05) is 36.4 Å². The summed E-state index contributed by atoms with van der Waals surface area (Å²) in [5.74, 6) is 0.357. The Hall–Kier alpha value is -2.45. The molecular weight excluding hydrogens is 429 g/mol. The molecule has 4 rings (SSSR count). The number of nitrogens with two attached hydrogens (primary N) is 1. The molecule has 1 aliphatic rings. The van der Waals surface area contributed by atoms with Gasteiger partial charge < -0.3 is 11.1 Å². The van der Waals surface area contributed by atoms with Gasteiger partial charge in [0.1, 0.15) is 5.70 Å². The first kappa shape index (κ1) is 22.8. The van der Waals surface area contributed by atoms with E-state index >= 15 is 0 Å². The summed E-state index contributed by atoms with van der Waals surface area (Å²) < 4.78 is 1.08. The first-order chi connectivity index (χ1) is 13.2. The van der Waals surface area contributed by atoms with Crippen LogP contribution in [0.3, 0.4) is 0 Å². The van der Waals surface area contributed by atoms with Crippen molar-refractivity contribution in [2.24, 2.45) is 10.7 Å². The van der Waals surface area contributed by atoms with Crippen molar-refractivity contribution in [2.75, 3.05) is 13.6 Å². The second-order valence-electron chi connectivity index (χ2n) is 6.25. The van der Waals surface area contributed by atoms with Crippen LogP contribution in [0.15, 0.2) is 64.7 Å². The van der Waals surface area contributed by atoms with E-state index in [1.54, 1.807) is 24.5 Å². The fourth-order valence-electron chi connectivity index (χ4n) is 2.97. The fraction of sp³-hybridized carbons (Fsp3) is 0.150. The van der Waals surface area contributed by atoms with Crippen LogP contribution < -0.4 is 11.1 Å². The van der Waals surface area contributed by atoms with Crippen LogP contribution in [-0.2, 0) is 4.79 Å². The van der Waals surface area contributed by atoms with Gasteiger partial charge in [-0.3, -0.25) is 9.69 Å². The zero-order valence-electron chi connectivity index (χ0n) is 15.6. The van der Waals surface area contributed by atoms with E-state index in [-0.39, 0.29) is 36.8 Å². The number of aromatic nitrogens is 1. The summed E-state index contributed by atoms with van der Waals surface area (Å²) in [4.78, 5) is 22.9. The van der Waals surface area contributed by atoms with Crippen LogP contribution in [0.25, 0.3) is 16.3 Å². The minimum atomic E-state index is -0.147. The van der Waals surface area contributed by atoms with E-state index in [4.69, 9.17) is 5.73 Å². The van der Waals surface area contributed by atoms with Crippen molar-refractivity contribution < 1.29 is 4.79 Å². The van der Waals surface area contributed by atoms with Gasteiger partial charge in [-0.05, 0) is 29.3 Å². The fourth-order valence-corrected chi connectivity index (χ4v) is 3.69. The van der Waals surface area contributed by atoms with Crippen LogP contribution in [0.4, 0.5) is 0 Å². The minimum Gasteiger partial charge on any atom is -0.347 e. The van der Waals surface area contributed by atoms with Crippen molar-refractivity contribution in [2.45, 2.75) is 6.04 Å². The molecule has 2 heterocycles. The summed E-state index contributed by atoms with van der Waals surface area (Å²) in [6, 6.07) is 15.7. The minimum absolute atomic E-state index is 0. The molecule has 152 valence electrons. The van der Waals surface area contributed by atoms with Gasteiger partial charge >= 0.3 is 0 Å². The number of aliphatic imine (C=N–C) groups is 1. The third-order valence-electron chi connectivity index (χ3n) is 4.47. The second kappa shape index (κ2) is 9.84. The van der Waals surface area contributed by atoms with Gasteiger partial charge in [-0.15, -0.1) is 36.2 Å². The Morgan fingerprint density at radius 1 is 1.21 bits per heavy atom. The molecule has 0 saturated heterocycles. The van der Waals surface area contributed by atoms with Gasteiger partial charge in [0.2, 0.25) is 5.96 Å². The zero-order chi connectivity index (χ0) is 18.8. The lowest BCUT2D eigenvalue weighted by Crippen LogP contribution is -2.42. The molecule has 0 unspecified atom stereocenters. The van der Waals surface area contributed by atoms with Crippen LogP contribution in [0.5, 0.6) is 0 Å². The standard InChI is InChI=1S/C20H19N5OS.2ClH/c1-25-19(26)16(9-13-7-8-15-18(10-13)27-12-22-15)23-20(25)24-17(11-21)14-5-3-2-4-6-14;;/h2-10,12,17H,11,21H2,1H3,(H,23,24);2*1H/b16-9-;;/t17-;;/m0../s1. The molecule has 29 heavy (non-hydrogen) atoms. The predicted octanol–water partition coefficient (Wildman–Crippen LogP) is 3.60. The highest BCUT2D eigenvalue weighted by Gasteiger charge is 2.28. The summed E-state index contributed by atoms with van der Waals surface area (Å²) in [7, 11) is 1.71. The lowest BCUT2D eigenvalue weighted by atomic mass is 10.1. The molecule has 9 heteroatoms. The molecule has 6 nitrogen and oxygen atoms in total. The normalized spacial score (nSPS) is 15.7. The summed E-state index contributed by atoms with van der Waals surface area (Å²) >= 11 is 1.57. The average molecular weight is 450 g/mol. The molecule has 3 N–H and O–H groups in total. The molecule has 1 aliphatic heterocycles. The van der Waals surface area contributed by atoms with Crippen molar-refractivity contribution in [1.29, 1.82) is 0 Å². The van der Waals surface area contributed by atoms with Crippen LogP contribution in [-0.4, -0.2) is 35.3 Å². The van der Waals surface area contributed by atoms with E-state index in [9.17, 15) is 4.79 Å². The lowest BCUT2D eigenvalue weighted by molar-refractivity contribution is -0.121. The zero-order valence-corrected chi connectivity index (χ0v) is 18.1. The van der Waals surface area contributed by atoms with E-state index in [1.165, 1.54) is 4.90 Å². The summed E-state index contributed by atoms with van der Waals surface area (Å²) in [6.45, 7) is 0.395. The number of guanidine groups is 1. The monoisotopic (exact) mass is 449 g/mol. The van der Waals surface area contributed by atoms with E-state index in [0.29, 0.717) is 18.2 Å². The number of carbonyl (C=O) groups excluding carboxylic acids is 1. The number of likely N-dealkylation sites (N-methyl/N-ethyl adjacent to an activating group) is 1. The molecule has 0 fully saturated rings. The number of rotatable bonds is 4. The third-order valence-corrected chi connectivity index (χ3v) is 5.26. The lowest BCUT2D eigenvalue weighted by Gasteiger charge is -2.21. The van der Waals surface area contributed by atoms with E-state index in [0.717, 1.165) is 21.3 Å². The number of nitrogens with zero attached hydrogens (tertiary/aromatic N) is 3. The van der Waals surface area contributed by atoms with Crippen molar-refractivity contribution in [1.82, 2.24) is 15.2 Å². The van der Waals surface area contributed by atoms with Crippen molar-refractivity contribution in [3.63, 3.8) is 0 Å². The Labute approximate surface area is 185 Å². The molecule has 0 saturated carbocycles. The maximum absolute atomic E-state index is 12.6. The van der Waals surface area contributed by atoms with Crippen molar-refractivity contribution >= 4 is 64.3 Å². The Balaban J connectivity index is 0.00000150.